The molecule has 1 aromatic carbocycles. The summed E-state index contributed by atoms with van der Waals surface area (Å²) in [5.41, 5.74) is 2.68. The highest BCUT2D eigenvalue weighted by atomic mass is 16.1. The second-order valence-corrected chi connectivity index (χ2v) is 7.63. The summed E-state index contributed by atoms with van der Waals surface area (Å²) >= 11 is 0. The Morgan fingerprint density at radius 2 is 1.87 bits per heavy atom. The van der Waals surface area contributed by atoms with Crippen molar-refractivity contribution in [2.45, 2.75) is 0 Å². The Balaban J connectivity index is 1.37. The van der Waals surface area contributed by atoms with E-state index in [9.17, 15) is 4.79 Å². The zero-order valence-corrected chi connectivity index (χ0v) is 17.2. The first kappa shape index (κ1) is 19.2. The summed E-state index contributed by atoms with van der Waals surface area (Å²) in [7, 11) is 1.90. The highest BCUT2D eigenvalue weighted by molar-refractivity contribution is 6.05. The van der Waals surface area contributed by atoms with Crippen LogP contribution in [0.4, 0.5) is 11.6 Å². The average molecular weight is 413 g/mol. The number of carbonyl (C=O) groups is 1. The van der Waals surface area contributed by atoms with E-state index in [2.05, 4.69) is 36.7 Å². The fourth-order valence-electron chi connectivity index (χ4n) is 3.77. The number of amides is 1. The smallest absolute Gasteiger partial charge is 0.257 e. The van der Waals surface area contributed by atoms with Gasteiger partial charge in [-0.1, -0.05) is 12.1 Å². The molecule has 156 valence electrons. The van der Waals surface area contributed by atoms with Crippen LogP contribution >= 0.6 is 0 Å². The monoisotopic (exact) mass is 413 g/mol. The van der Waals surface area contributed by atoms with Crippen LogP contribution in [0.1, 0.15) is 10.4 Å². The van der Waals surface area contributed by atoms with Gasteiger partial charge in [0.1, 0.15) is 11.6 Å². The number of nitrogens with zero attached hydrogens (tertiary/aromatic N) is 5. The van der Waals surface area contributed by atoms with Gasteiger partial charge in [-0.3, -0.25) is 9.48 Å². The van der Waals surface area contributed by atoms with Crippen LogP contribution in [0.2, 0.25) is 0 Å². The molecule has 8 heteroatoms. The fourth-order valence-corrected chi connectivity index (χ4v) is 3.77. The number of carbonyl (C=O) groups excluding carboxylic acids is 1. The number of hydrogen-bond acceptors (Lipinski definition) is 6. The number of piperazine rings is 1. The summed E-state index contributed by atoms with van der Waals surface area (Å²) in [5.74, 6) is 1.14. The van der Waals surface area contributed by atoms with E-state index in [1.54, 1.807) is 23.1 Å². The maximum absolute atomic E-state index is 12.9. The molecule has 1 amide bonds. The number of hydrogen-bond donors (Lipinski definition) is 2. The van der Waals surface area contributed by atoms with Crippen molar-refractivity contribution in [1.82, 2.24) is 25.1 Å². The molecule has 1 aliphatic rings. The van der Waals surface area contributed by atoms with Crippen molar-refractivity contribution in [3.63, 3.8) is 0 Å². The second-order valence-electron chi connectivity index (χ2n) is 7.63. The van der Waals surface area contributed by atoms with Crippen LogP contribution in [0.15, 0.2) is 61.2 Å². The number of fused-ring (bicyclic) bond motifs is 1. The number of benzene rings is 1. The van der Waals surface area contributed by atoms with E-state index in [1.807, 2.05) is 43.7 Å². The third-order valence-electron chi connectivity index (χ3n) is 5.45. The van der Waals surface area contributed by atoms with Crippen LogP contribution in [-0.2, 0) is 7.05 Å². The molecule has 0 unspecified atom stereocenters. The highest BCUT2D eigenvalue weighted by Crippen LogP contribution is 2.25. The van der Waals surface area contributed by atoms with Gasteiger partial charge in [0.05, 0.1) is 6.20 Å². The van der Waals surface area contributed by atoms with Crippen molar-refractivity contribution in [2.24, 2.45) is 7.05 Å². The van der Waals surface area contributed by atoms with Gasteiger partial charge >= 0.3 is 0 Å². The Morgan fingerprint density at radius 1 is 1.00 bits per heavy atom. The quantitative estimate of drug-likeness (QED) is 0.535. The van der Waals surface area contributed by atoms with E-state index in [-0.39, 0.29) is 5.91 Å². The van der Waals surface area contributed by atoms with E-state index in [0.717, 1.165) is 53.9 Å². The number of rotatable bonds is 4. The van der Waals surface area contributed by atoms with Gasteiger partial charge in [0.2, 0.25) is 0 Å². The summed E-state index contributed by atoms with van der Waals surface area (Å²) in [6.07, 6.45) is 7.27. The topological polar surface area (TPSA) is 88.0 Å². The Kier molecular flexibility index (Phi) is 5.05. The SMILES string of the molecule is Cn1cc(-c2ccc3cnc(NC(=O)c4ccnc(N5CCNCC5)c4)cc3c2)cn1. The van der Waals surface area contributed by atoms with Crippen LogP contribution in [0.5, 0.6) is 0 Å². The zero-order chi connectivity index (χ0) is 21.2. The summed E-state index contributed by atoms with van der Waals surface area (Å²) in [6, 6.07) is 11.6. The molecular weight excluding hydrogens is 390 g/mol. The van der Waals surface area contributed by atoms with Gasteiger partial charge in [-0.2, -0.15) is 5.10 Å². The molecule has 31 heavy (non-hydrogen) atoms. The van der Waals surface area contributed by atoms with Gasteiger partial charge in [0, 0.05) is 68.3 Å². The van der Waals surface area contributed by atoms with Gasteiger partial charge in [-0.15, -0.1) is 0 Å². The average Bonchev–Trinajstić information content (AvgIpc) is 3.25. The fraction of sp³-hybridized carbons (Fsp3) is 0.217. The number of aryl methyl sites for hydroxylation is 1. The molecule has 4 aromatic rings. The first-order valence-corrected chi connectivity index (χ1v) is 10.3. The molecule has 3 aromatic heterocycles. The first-order chi connectivity index (χ1) is 15.2. The molecule has 1 aliphatic heterocycles. The number of aromatic nitrogens is 4. The van der Waals surface area contributed by atoms with Crippen LogP contribution in [0.25, 0.3) is 21.9 Å². The maximum Gasteiger partial charge on any atom is 0.257 e. The van der Waals surface area contributed by atoms with Crippen LogP contribution in [0.3, 0.4) is 0 Å². The van der Waals surface area contributed by atoms with Crippen molar-refractivity contribution in [2.75, 3.05) is 36.4 Å². The molecule has 4 heterocycles. The van der Waals surface area contributed by atoms with Gasteiger partial charge in [-0.05, 0) is 35.2 Å². The van der Waals surface area contributed by atoms with Crippen molar-refractivity contribution >= 4 is 28.3 Å². The lowest BCUT2D eigenvalue weighted by molar-refractivity contribution is 0.102. The molecule has 1 saturated heterocycles. The molecule has 0 saturated carbocycles. The van der Waals surface area contributed by atoms with E-state index >= 15 is 0 Å². The highest BCUT2D eigenvalue weighted by Gasteiger charge is 2.14. The molecule has 2 N–H and O–H groups in total. The molecular formula is C23H23N7O. The lowest BCUT2D eigenvalue weighted by Gasteiger charge is -2.28. The molecule has 5 rings (SSSR count). The molecule has 0 radical (unpaired) electrons. The summed E-state index contributed by atoms with van der Waals surface area (Å²) < 4.78 is 1.78. The normalized spacial score (nSPS) is 14.0. The number of pyridine rings is 2. The largest absolute Gasteiger partial charge is 0.354 e. The summed E-state index contributed by atoms with van der Waals surface area (Å²) in [5, 5.41) is 12.5. The molecule has 0 bridgehead atoms. The minimum absolute atomic E-state index is 0.200. The third-order valence-corrected chi connectivity index (χ3v) is 5.45. The lowest BCUT2D eigenvalue weighted by Crippen LogP contribution is -2.43. The Hall–Kier alpha value is -3.78. The standard InChI is InChI=1S/C23H23N7O/c1-29-15-20(14-27-29)16-2-3-18-13-26-21(11-19(18)10-16)28-23(31)17-4-5-25-22(12-17)30-8-6-24-7-9-30/h2-5,10-15,24H,6-9H2,1H3,(H,26,28,31). The molecule has 0 aliphatic carbocycles. The van der Waals surface area contributed by atoms with Crippen LogP contribution < -0.4 is 15.5 Å². The van der Waals surface area contributed by atoms with E-state index < -0.39 is 0 Å². The van der Waals surface area contributed by atoms with Gasteiger partial charge in [-0.25, -0.2) is 9.97 Å². The zero-order valence-electron chi connectivity index (χ0n) is 17.2. The second kappa shape index (κ2) is 8.16. The minimum atomic E-state index is -0.200. The molecule has 0 spiro atoms. The minimum Gasteiger partial charge on any atom is -0.354 e. The lowest BCUT2D eigenvalue weighted by atomic mass is 10.1. The van der Waals surface area contributed by atoms with Crippen molar-refractivity contribution in [3.8, 4) is 11.1 Å². The Labute approximate surface area is 179 Å². The van der Waals surface area contributed by atoms with Gasteiger partial charge in [0.25, 0.3) is 5.91 Å². The van der Waals surface area contributed by atoms with Gasteiger partial charge in [0.15, 0.2) is 0 Å². The van der Waals surface area contributed by atoms with E-state index in [0.29, 0.717) is 11.4 Å². The predicted molar refractivity (Wildman–Crippen MR) is 121 cm³/mol. The maximum atomic E-state index is 12.9. The number of nitrogens with one attached hydrogen (secondary N) is 2. The van der Waals surface area contributed by atoms with Crippen molar-refractivity contribution in [3.05, 3.63) is 66.7 Å². The first-order valence-electron chi connectivity index (χ1n) is 10.3. The van der Waals surface area contributed by atoms with Gasteiger partial charge < -0.3 is 15.5 Å². The van der Waals surface area contributed by atoms with Crippen LogP contribution in [-0.4, -0.2) is 51.8 Å². The summed E-state index contributed by atoms with van der Waals surface area (Å²) in [6.45, 7) is 3.59. The molecule has 1 fully saturated rings. The number of anilines is 2. The third kappa shape index (κ3) is 4.10. The summed E-state index contributed by atoms with van der Waals surface area (Å²) in [4.78, 5) is 23.9. The van der Waals surface area contributed by atoms with E-state index in [4.69, 9.17) is 0 Å². The molecule has 8 nitrogen and oxygen atoms in total. The van der Waals surface area contributed by atoms with Crippen molar-refractivity contribution in [1.29, 1.82) is 0 Å². The van der Waals surface area contributed by atoms with Crippen molar-refractivity contribution < 1.29 is 4.79 Å². The Morgan fingerprint density at radius 3 is 2.68 bits per heavy atom. The predicted octanol–water partition coefficient (Wildman–Crippen LogP) is 2.69. The van der Waals surface area contributed by atoms with E-state index in [1.165, 1.54) is 0 Å². The van der Waals surface area contributed by atoms with Crippen LogP contribution in [0, 0.1) is 0 Å². The Bertz CT molecular complexity index is 1240. The molecule has 0 atom stereocenters.